The third kappa shape index (κ3) is 3.89. The first-order valence-electron chi connectivity index (χ1n) is 8.82. The number of nitrogens with zero attached hydrogens (tertiary/aromatic N) is 4. The number of anilines is 1. The molecule has 2 aliphatic rings. The lowest BCUT2D eigenvalue weighted by atomic mass is 9.89. The van der Waals surface area contributed by atoms with Gasteiger partial charge in [-0.2, -0.15) is 5.26 Å². The van der Waals surface area contributed by atoms with Gasteiger partial charge in [0.15, 0.2) is 0 Å². The van der Waals surface area contributed by atoms with Crippen molar-refractivity contribution < 1.29 is 10.0 Å². The van der Waals surface area contributed by atoms with Crippen molar-refractivity contribution in [3.05, 3.63) is 27.9 Å². The van der Waals surface area contributed by atoms with Gasteiger partial charge in [0.25, 0.3) is 0 Å². The van der Waals surface area contributed by atoms with E-state index < -0.39 is 4.92 Å². The molecule has 0 radical (unpaired) electrons. The Labute approximate surface area is 146 Å². The summed E-state index contributed by atoms with van der Waals surface area (Å²) in [4.78, 5) is 17.1. The minimum atomic E-state index is -0.554. The van der Waals surface area contributed by atoms with Gasteiger partial charge in [-0.3, -0.25) is 15.0 Å². The molecule has 8 nitrogen and oxygen atoms in total. The van der Waals surface area contributed by atoms with Crippen molar-refractivity contribution in [1.82, 2.24) is 9.88 Å². The van der Waals surface area contributed by atoms with Crippen LogP contribution in [0.4, 0.5) is 11.5 Å². The highest BCUT2D eigenvalue weighted by Crippen LogP contribution is 2.29. The third-order valence-electron chi connectivity index (χ3n) is 5.26. The minimum absolute atomic E-state index is 0.0188. The average Bonchev–Trinajstić information content (AvgIpc) is 2.62. The largest absolute Gasteiger partial charge is 0.391 e. The van der Waals surface area contributed by atoms with Crippen LogP contribution in [-0.4, -0.2) is 51.2 Å². The van der Waals surface area contributed by atoms with E-state index in [1.54, 1.807) is 0 Å². The second-order valence-electron chi connectivity index (χ2n) is 6.80. The molecule has 1 saturated heterocycles. The number of nitriles is 1. The maximum Gasteiger partial charge on any atom is 0.328 e. The molecule has 1 saturated carbocycles. The molecule has 2 fully saturated rings. The minimum Gasteiger partial charge on any atom is -0.391 e. The Morgan fingerprint density at radius 2 is 2.04 bits per heavy atom. The summed E-state index contributed by atoms with van der Waals surface area (Å²) < 4.78 is 0. The highest BCUT2D eigenvalue weighted by molar-refractivity contribution is 5.64. The summed E-state index contributed by atoms with van der Waals surface area (Å²) in [5.74, 6) is 0.167. The van der Waals surface area contributed by atoms with Crippen molar-refractivity contribution in [1.29, 1.82) is 5.26 Å². The fourth-order valence-electron chi connectivity index (χ4n) is 3.92. The Balaban J connectivity index is 1.63. The Bertz CT molecular complexity index is 667. The molecule has 2 heterocycles. The van der Waals surface area contributed by atoms with E-state index in [-0.39, 0.29) is 35.3 Å². The van der Waals surface area contributed by atoms with Crippen molar-refractivity contribution in [2.24, 2.45) is 0 Å². The quantitative estimate of drug-likeness (QED) is 0.633. The smallest absolute Gasteiger partial charge is 0.328 e. The van der Waals surface area contributed by atoms with Crippen LogP contribution >= 0.6 is 0 Å². The molecule has 134 valence electrons. The normalized spacial score (nSPS) is 25.3. The van der Waals surface area contributed by atoms with E-state index in [9.17, 15) is 15.2 Å². The van der Waals surface area contributed by atoms with Crippen molar-refractivity contribution in [3.63, 3.8) is 0 Å². The van der Waals surface area contributed by atoms with Gasteiger partial charge in [-0.15, -0.1) is 0 Å². The Hall–Kier alpha value is -2.24. The van der Waals surface area contributed by atoms with Crippen LogP contribution in [0.25, 0.3) is 0 Å². The first-order chi connectivity index (χ1) is 12.1. The number of hydrogen-bond donors (Lipinski definition) is 2. The Morgan fingerprint density at radius 1 is 1.32 bits per heavy atom. The van der Waals surface area contributed by atoms with Gasteiger partial charge in [0.05, 0.1) is 11.0 Å². The SMILES string of the molecule is N#Cc1ccnc(NC2CCN(C3CCCCC3O)CC2)c1[N+](=O)[O-]. The van der Waals surface area contributed by atoms with Gasteiger partial charge in [0.2, 0.25) is 5.82 Å². The highest BCUT2D eigenvalue weighted by atomic mass is 16.6. The number of hydrogen-bond acceptors (Lipinski definition) is 7. The molecule has 1 aromatic heterocycles. The number of rotatable bonds is 4. The zero-order chi connectivity index (χ0) is 17.8. The molecule has 0 spiro atoms. The molecule has 1 aliphatic carbocycles. The Morgan fingerprint density at radius 3 is 2.68 bits per heavy atom. The molecular formula is C17H23N5O3. The zero-order valence-corrected chi connectivity index (χ0v) is 14.1. The molecule has 0 amide bonds. The van der Waals surface area contributed by atoms with Crippen molar-refractivity contribution in [2.45, 2.75) is 56.7 Å². The molecule has 2 N–H and O–H groups in total. The van der Waals surface area contributed by atoms with Crippen LogP contribution in [0.15, 0.2) is 12.3 Å². The van der Waals surface area contributed by atoms with Gasteiger partial charge < -0.3 is 10.4 Å². The van der Waals surface area contributed by atoms with Crippen LogP contribution in [0.3, 0.4) is 0 Å². The summed E-state index contributed by atoms with van der Waals surface area (Å²) in [7, 11) is 0. The molecule has 3 rings (SSSR count). The fourth-order valence-corrected chi connectivity index (χ4v) is 3.92. The lowest BCUT2D eigenvalue weighted by molar-refractivity contribution is -0.384. The van der Waals surface area contributed by atoms with Crippen LogP contribution in [0.1, 0.15) is 44.1 Å². The zero-order valence-electron chi connectivity index (χ0n) is 14.1. The van der Waals surface area contributed by atoms with Crippen LogP contribution < -0.4 is 5.32 Å². The molecule has 2 unspecified atom stereocenters. The lowest BCUT2D eigenvalue weighted by Gasteiger charge is -2.41. The van der Waals surface area contributed by atoms with Gasteiger partial charge in [-0.1, -0.05) is 12.8 Å². The van der Waals surface area contributed by atoms with Gasteiger partial charge in [-0.25, -0.2) is 4.98 Å². The summed E-state index contributed by atoms with van der Waals surface area (Å²) in [6.07, 6.45) is 7.01. The number of likely N-dealkylation sites (tertiary alicyclic amines) is 1. The summed E-state index contributed by atoms with van der Waals surface area (Å²) in [6, 6.07) is 3.53. The van der Waals surface area contributed by atoms with Gasteiger partial charge in [-0.05, 0) is 31.7 Å². The second kappa shape index (κ2) is 7.76. The number of piperidine rings is 1. The van der Waals surface area contributed by atoms with E-state index in [0.29, 0.717) is 0 Å². The summed E-state index contributed by atoms with van der Waals surface area (Å²) in [6.45, 7) is 1.70. The Kier molecular flexibility index (Phi) is 5.46. The molecule has 1 aromatic rings. The van der Waals surface area contributed by atoms with E-state index in [0.717, 1.165) is 51.6 Å². The van der Waals surface area contributed by atoms with Gasteiger partial charge in [0.1, 0.15) is 11.6 Å². The highest BCUT2D eigenvalue weighted by Gasteiger charge is 2.32. The number of aliphatic hydroxyl groups excluding tert-OH is 1. The molecule has 0 bridgehead atoms. The van der Waals surface area contributed by atoms with Crippen LogP contribution in [0.2, 0.25) is 0 Å². The molecule has 0 aromatic carbocycles. The predicted molar refractivity (Wildman–Crippen MR) is 92.1 cm³/mol. The van der Waals surface area contributed by atoms with Gasteiger partial charge >= 0.3 is 5.69 Å². The monoisotopic (exact) mass is 345 g/mol. The maximum atomic E-state index is 11.3. The number of pyridine rings is 1. The maximum absolute atomic E-state index is 11.3. The average molecular weight is 345 g/mol. The summed E-state index contributed by atoms with van der Waals surface area (Å²) >= 11 is 0. The number of aromatic nitrogens is 1. The summed E-state index contributed by atoms with van der Waals surface area (Å²) in [5.41, 5.74) is -0.236. The van der Waals surface area contributed by atoms with Crippen molar-refractivity contribution in [3.8, 4) is 6.07 Å². The fraction of sp³-hybridized carbons (Fsp3) is 0.647. The molecular weight excluding hydrogens is 322 g/mol. The van der Waals surface area contributed by atoms with Crippen LogP contribution in [-0.2, 0) is 0 Å². The third-order valence-corrected chi connectivity index (χ3v) is 5.26. The molecule has 25 heavy (non-hydrogen) atoms. The van der Waals surface area contributed by atoms with Crippen molar-refractivity contribution >= 4 is 11.5 Å². The number of aliphatic hydroxyl groups is 1. The molecule has 2 atom stereocenters. The van der Waals surface area contributed by atoms with Gasteiger partial charge in [0, 0.05) is 31.4 Å². The standard InChI is InChI=1S/C17H23N5O3/c18-11-12-5-8-19-17(16(12)22(24)25)20-13-6-9-21(10-7-13)14-3-1-2-4-15(14)23/h5,8,13-15,23H,1-4,6-7,9-10H2,(H,19,20). The number of nitrogens with one attached hydrogen (secondary N) is 1. The van der Waals surface area contributed by atoms with Crippen LogP contribution in [0.5, 0.6) is 0 Å². The topological polar surface area (TPSA) is 115 Å². The number of nitro groups is 1. The van der Waals surface area contributed by atoms with Crippen molar-refractivity contribution in [2.75, 3.05) is 18.4 Å². The van der Waals surface area contributed by atoms with E-state index in [1.807, 2.05) is 6.07 Å². The lowest BCUT2D eigenvalue weighted by Crippen LogP contribution is -2.50. The van der Waals surface area contributed by atoms with Crippen LogP contribution in [0, 0.1) is 21.4 Å². The first kappa shape index (κ1) is 17.6. The van der Waals surface area contributed by atoms with E-state index in [1.165, 1.54) is 12.3 Å². The van der Waals surface area contributed by atoms with E-state index >= 15 is 0 Å². The first-order valence-corrected chi connectivity index (χ1v) is 8.82. The predicted octanol–water partition coefficient (Wildman–Crippen LogP) is 2.04. The summed E-state index contributed by atoms with van der Waals surface area (Å²) in [5, 5.41) is 33.7. The van der Waals surface area contributed by atoms with E-state index in [2.05, 4.69) is 15.2 Å². The molecule has 8 heteroatoms. The van der Waals surface area contributed by atoms with E-state index in [4.69, 9.17) is 5.26 Å². The second-order valence-corrected chi connectivity index (χ2v) is 6.80. The molecule has 1 aliphatic heterocycles.